The number of rotatable bonds is 7. The van der Waals surface area contributed by atoms with E-state index in [1.165, 1.54) is 30.5 Å². The zero-order valence-corrected chi connectivity index (χ0v) is 12.3. The number of aryl methyl sites for hydroxylation is 1. The van der Waals surface area contributed by atoms with Crippen LogP contribution in [0.5, 0.6) is 0 Å². The molecular weight excluding hydrogens is 234 g/mol. The van der Waals surface area contributed by atoms with E-state index in [0.29, 0.717) is 6.04 Å². The van der Waals surface area contributed by atoms with E-state index in [-0.39, 0.29) is 0 Å². The van der Waals surface area contributed by atoms with Gasteiger partial charge in [0.25, 0.3) is 0 Å². The van der Waals surface area contributed by atoms with E-state index in [0.717, 1.165) is 31.7 Å². The fraction of sp³-hybridized carbons (Fsp3) is 0.625. The highest BCUT2D eigenvalue weighted by atomic mass is 15.1. The molecule has 0 aromatic heterocycles. The van der Waals surface area contributed by atoms with Gasteiger partial charge < -0.3 is 16.0 Å². The number of anilines is 1. The maximum absolute atomic E-state index is 5.84. The average Bonchev–Trinajstić information content (AvgIpc) is 2.81. The van der Waals surface area contributed by atoms with Gasteiger partial charge in [0.2, 0.25) is 0 Å². The summed E-state index contributed by atoms with van der Waals surface area (Å²) in [4.78, 5) is 2.48. The van der Waals surface area contributed by atoms with E-state index in [1.54, 1.807) is 0 Å². The van der Waals surface area contributed by atoms with Gasteiger partial charge in [-0.25, -0.2) is 0 Å². The lowest BCUT2D eigenvalue weighted by Gasteiger charge is -2.19. The first-order valence-corrected chi connectivity index (χ1v) is 7.58. The van der Waals surface area contributed by atoms with Crippen molar-refractivity contribution in [2.45, 2.75) is 39.2 Å². The van der Waals surface area contributed by atoms with Crippen molar-refractivity contribution < 1.29 is 0 Å². The molecule has 1 aromatic carbocycles. The van der Waals surface area contributed by atoms with Crippen LogP contribution in [0.4, 0.5) is 5.69 Å². The first-order chi connectivity index (χ1) is 9.24. The molecule has 0 aliphatic heterocycles. The Hall–Kier alpha value is -1.06. The Morgan fingerprint density at radius 2 is 2.11 bits per heavy atom. The highest BCUT2D eigenvalue weighted by molar-refractivity contribution is 5.47. The van der Waals surface area contributed by atoms with Crippen LogP contribution >= 0.6 is 0 Å². The number of nitrogens with two attached hydrogens (primary N) is 1. The van der Waals surface area contributed by atoms with Gasteiger partial charge in [0.15, 0.2) is 0 Å². The van der Waals surface area contributed by atoms with Crippen LogP contribution in [0.15, 0.2) is 18.2 Å². The maximum atomic E-state index is 5.84. The van der Waals surface area contributed by atoms with Crippen LogP contribution in [0.25, 0.3) is 0 Å². The van der Waals surface area contributed by atoms with Crippen molar-refractivity contribution in [1.82, 2.24) is 10.2 Å². The molecule has 1 atom stereocenters. The first kappa shape index (κ1) is 14.4. The van der Waals surface area contributed by atoms with Gasteiger partial charge in [-0.05, 0) is 68.7 Å². The van der Waals surface area contributed by atoms with E-state index in [2.05, 4.69) is 36.2 Å². The molecule has 1 unspecified atom stereocenters. The molecule has 1 aromatic rings. The molecule has 0 bridgehead atoms. The second-order valence-corrected chi connectivity index (χ2v) is 5.38. The molecule has 0 radical (unpaired) electrons. The average molecular weight is 261 g/mol. The fourth-order valence-corrected chi connectivity index (χ4v) is 2.97. The monoisotopic (exact) mass is 261 g/mol. The molecule has 0 fully saturated rings. The Kier molecular flexibility index (Phi) is 5.23. The summed E-state index contributed by atoms with van der Waals surface area (Å²) in [6, 6.07) is 6.88. The van der Waals surface area contributed by atoms with Gasteiger partial charge in [-0.3, -0.25) is 0 Å². The van der Waals surface area contributed by atoms with Gasteiger partial charge in [-0.2, -0.15) is 0 Å². The molecule has 3 heteroatoms. The lowest BCUT2D eigenvalue weighted by Crippen LogP contribution is -2.28. The van der Waals surface area contributed by atoms with Gasteiger partial charge >= 0.3 is 0 Å². The topological polar surface area (TPSA) is 41.3 Å². The Morgan fingerprint density at radius 1 is 1.32 bits per heavy atom. The van der Waals surface area contributed by atoms with Crippen LogP contribution in [0.1, 0.15) is 43.9 Å². The minimum atomic E-state index is 0.535. The summed E-state index contributed by atoms with van der Waals surface area (Å²) in [5.74, 6) is 0. The smallest absolute Gasteiger partial charge is 0.0326 e. The molecule has 0 saturated heterocycles. The van der Waals surface area contributed by atoms with Crippen molar-refractivity contribution in [2.24, 2.45) is 0 Å². The quantitative estimate of drug-likeness (QED) is 0.585. The number of nitrogen functional groups attached to an aromatic ring is 1. The van der Waals surface area contributed by atoms with E-state index in [9.17, 15) is 0 Å². The molecule has 3 nitrogen and oxygen atoms in total. The minimum Gasteiger partial charge on any atom is -0.399 e. The molecule has 2 rings (SSSR count). The Morgan fingerprint density at radius 3 is 2.84 bits per heavy atom. The third-order valence-electron chi connectivity index (χ3n) is 4.18. The third kappa shape index (κ3) is 3.71. The van der Waals surface area contributed by atoms with E-state index in [4.69, 9.17) is 5.73 Å². The van der Waals surface area contributed by atoms with Crippen molar-refractivity contribution in [2.75, 3.05) is 31.9 Å². The predicted molar refractivity (Wildman–Crippen MR) is 82.3 cm³/mol. The lowest BCUT2D eigenvalue weighted by molar-refractivity contribution is 0.295. The third-order valence-corrected chi connectivity index (χ3v) is 4.18. The van der Waals surface area contributed by atoms with Crippen molar-refractivity contribution in [1.29, 1.82) is 0 Å². The first-order valence-electron chi connectivity index (χ1n) is 7.58. The zero-order chi connectivity index (χ0) is 13.7. The molecule has 106 valence electrons. The molecule has 0 heterocycles. The molecule has 1 aliphatic carbocycles. The van der Waals surface area contributed by atoms with E-state index >= 15 is 0 Å². The summed E-state index contributed by atoms with van der Waals surface area (Å²) in [6.45, 7) is 9.07. The Labute approximate surface area is 117 Å². The maximum Gasteiger partial charge on any atom is 0.0326 e. The normalized spacial score (nSPS) is 17.9. The summed E-state index contributed by atoms with van der Waals surface area (Å²) < 4.78 is 0. The molecule has 19 heavy (non-hydrogen) atoms. The summed E-state index contributed by atoms with van der Waals surface area (Å²) in [7, 11) is 0. The van der Waals surface area contributed by atoms with E-state index < -0.39 is 0 Å². The summed E-state index contributed by atoms with van der Waals surface area (Å²) >= 11 is 0. The van der Waals surface area contributed by atoms with Gasteiger partial charge in [-0.1, -0.05) is 19.9 Å². The molecule has 0 saturated carbocycles. The van der Waals surface area contributed by atoms with Crippen molar-refractivity contribution in [3.8, 4) is 0 Å². The Bertz CT molecular complexity index is 399. The molecule has 0 amide bonds. The van der Waals surface area contributed by atoms with Gasteiger partial charge in [0.1, 0.15) is 0 Å². The van der Waals surface area contributed by atoms with Crippen molar-refractivity contribution in [3.63, 3.8) is 0 Å². The van der Waals surface area contributed by atoms with Crippen LogP contribution in [0.2, 0.25) is 0 Å². The SMILES string of the molecule is CCN(CC)CCCNC1CCc2cc(N)ccc21. The van der Waals surface area contributed by atoms with Crippen molar-refractivity contribution in [3.05, 3.63) is 29.3 Å². The number of hydrogen-bond acceptors (Lipinski definition) is 3. The van der Waals surface area contributed by atoms with Crippen LogP contribution < -0.4 is 11.1 Å². The highest BCUT2D eigenvalue weighted by Crippen LogP contribution is 2.32. The lowest BCUT2D eigenvalue weighted by atomic mass is 10.1. The largest absolute Gasteiger partial charge is 0.399 e. The van der Waals surface area contributed by atoms with Crippen LogP contribution in [-0.4, -0.2) is 31.1 Å². The number of nitrogens with zero attached hydrogens (tertiary/aromatic N) is 1. The van der Waals surface area contributed by atoms with Crippen LogP contribution in [0, 0.1) is 0 Å². The number of hydrogen-bond donors (Lipinski definition) is 2. The number of nitrogens with one attached hydrogen (secondary N) is 1. The second-order valence-electron chi connectivity index (χ2n) is 5.38. The summed E-state index contributed by atoms with van der Waals surface area (Å²) in [5.41, 5.74) is 9.61. The van der Waals surface area contributed by atoms with Gasteiger partial charge in [0.05, 0.1) is 0 Å². The molecule has 0 spiro atoms. The van der Waals surface area contributed by atoms with E-state index in [1.807, 2.05) is 6.07 Å². The zero-order valence-electron chi connectivity index (χ0n) is 12.3. The standard InChI is InChI=1S/C16H27N3/c1-3-19(4-2)11-5-10-18-16-9-6-13-12-14(17)7-8-15(13)16/h7-8,12,16,18H,3-6,9-11,17H2,1-2H3. The van der Waals surface area contributed by atoms with Crippen LogP contribution in [0.3, 0.4) is 0 Å². The predicted octanol–water partition coefficient (Wildman–Crippen LogP) is 2.58. The minimum absolute atomic E-state index is 0.535. The second kappa shape index (κ2) is 6.92. The highest BCUT2D eigenvalue weighted by Gasteiger charge is 2.21. The fourth-order valence-electron chi connectivity index (χ4n) is 2.97. The van der Waals surface area contributed by atoms with Crippen molar-refractivity contribution >= 4 is 5.69 Å². The molecule has 1 aliphatic rings. The summed E-state index contributed by atoms with van der Waals surface area (Å²) in [5, 5.41) is 3.69. The number of benzene rings is 1. The summed E-state index contributed by atoms with van der Waals surface area (Å²) in [6.07, 6.45) is 3.60. The Balaban J connectivity index is 1.77. The van der Waals surface area contributed by atoms with Crippen LogP contribution in [-0.2, 0) is 6.42 Å². The van der Waals surface area contributed by atoms with Gasteiger partial charge in [0, 0.05) is 11.7 Å². The molecule has 3 N–H and O–H groups in total. The van der Waals surface area contributed by atoms with Gasteiger partial charge in [-0.15, -0.1) is 0 Å². The molecular formula is C16H27N3. The number of fused-ring (bicyclic) bond motifs is 1.